The molecule has 0 unspecified atom stereocenters. The zero-order chi connectivity index (χ0) is 11.4. The molecule has 0 bridgehead atoms. The van der Waals surface area contributed by atoms with Gasteiger partial charge >= 0.3 is 0 Å². The van der Waals surface area contributed by atoms with E-state index in [2.05, 4.69) is 16.9 Å². The largest absolute Gasteiger partial charge is 0.349 e. The number of carbonyl (C=O) groups is 1. The van der Waals surface area contributed by atoms with Gasteiger partial charge in [-0.25, -0.2) is 4.98 Å². The lowest BCUT2D eigenvalue weighted by Gasteiger charge is -2.07. The van der Waals surface area contributed by atoms with Gasteiger partial charge < -0.3 is 5.32 Å². The van der Waals surface area contributed by atoms with Crippen LogP contribution in [0, 0.1) is 0 Å². The van der Waals surface area contributed by atoms with Crippen molar-refractivity contribution < 1.29 is 4.79 Å². The van der Waals surface area contributed by atoms with E-state index < -0.39 is 0 Å². The number of hydrogen-bond donors (Lipinski definition) is 1. The first kappa shape index (κ1) is 11.2. The van der Waals surface area contributed by atoms with E-state index in [4.69, 9.17) is 0 Å². The highest BCUT2D eigenvalue weighted by atomic mass is 32.2. The van der Waals surface area contributed by atoms with E-state index in [0.29, 0.717) is 11.6 Å². The van der Waals surface area contributed by atoms with Crippen molar-refractivity contribution in [2.45, 2.75) is 23.9 Å². The maximum absolute atomic E-state index is 11.9. The summed E-state index contributed by atoms with van der Waals surface area (Å²) in [5.74, 6) is 0.753. The predicted molar refractivity (Wildman–Crippen MR) is 65.6 cm³/mol. The lowest BCUT2D eigenvalue weighted by atomic mass is 10.2. The predicted octanol–water partition coefficient (Wildman–Crippen LogP) is 2.25. The van der Waals surface area contributed by atoms with Crippen molar-refractivity contribution in [2.24, 2.45) is 0 Å². The second-order valence-corrected chi connectivity index (χ2v) is 4.71. The van der Waals surface area contributed by atoms with Crippen LogP contribution in [-0.2, 0) is 0 Å². The molecule has 1 N–H and O–H groups in total. The number of nitrogens with one attached hydrogen (secondary N) is 1. The van der Waals surface area contributed by atoms with Crippen LogP contribution in [0.3, 0.4) is 0 Å². The summed E-state index contributed by atoms with van der Waals surface area (Å²) >= 11 is 1.53. The van der Waals surface area contributed by atoms with Gasteiger partial charge in [-0.15, -0.1) is 18.3 Å². The van der Waals surface area contributed by atoms with Crippen LogP contribution >= 0.6 is 11.8 Å². The Balaban J connectivity index is 2.10. The van der Waals surface area contributed by atoms with Gasteiger partial charge in [0.1, 0.15) is 5.03 Å². The fraction of sp³-hybridized carbons (Fsp3) is 0.333. The van der Waals surface area contributed by atoms with E-state index in [1.807, 2.05) is 12.1 Å². The topological polar surface area (TPSA) is 42.0 Å². The summed E-state index contributed by atoms with van der Waals surface area (Å²) in [4.78, 5) is 16.1. The summed E-state index contributed by atoms with van der Waals surface area (Å²) in [6, 6.07) is 3.99. The van der Waals surface area contributed by atoms with Gasteiger partial charge in [0.2, 0.25) is 0 Å². The SMILES string of the molecule is C=CCSc1ncccc1C(=O)NC1CC1. The Hall–Kier alpha value is -1.29. The molecule has 3 nitrogen and oxygen atoms in total. The number of nitrogens with zero attached hydrogens (tertiary/aromatic N) is 1. The standard InChI is InChI=1S/C12H14N2OS/c1-2-8-16-12-10(4-3-7-13-12)11(15)14-9-5-6-9/h2-4,7,9H,1,5-6,8H2,(H,14,15). The minimum Gasteiger partial charge on any atom is -0.349 e. The molecule has 1 aliphatic carbocycles. The Morgan fingerprint density at radius 1 is 1.69 bits per heavy atom. The van der Waals surface area contributed by atoms with Gasteiger partial charge in [-0.2, -0.15) is 0 Å². The Bertz CT molecular complexity index is 402. The highest BCUT2D eigenvalue weighted by Gasteiger charge is 2.24. The van der Waals surface area contributed by atoms with Crippen LogP contribution in [-0.4, -0.2) is 22.7 Å². The van der Waals surface area contributed by atoms with Gasteiger partial charge in [-0.05, 0) is 25.0 Å². The molecule has 1 heterocycles. The third kappa shape index (κ3) is 2.85. The molecule has 4 heteroatoms. The van der Waals surface area contributed by atoms with Crippen LogP contribution in [0.15, 0.2) is 36.0 Å². The molecule has 0 aromatic carbocycles. The molecule has 0 radical (unpaired) electrons. The van der Waals surface area contributed by atoms with Crippen LogP contribution < -0.4 is 5.32 Å². The Morgan fingerprint density at radius 2 is 2.50 bits per heavy atom. The number of rotatable bonds is 5. The highest BCUT2D eigenvalue weighted by molar-refractivity contribution is 7.99. The number of amides is 1. The second kappa shape index (κ2) is 5.16. The Kier molecular flexibility index (Phi) is 3.62. The molecule has 0 aliphatic heterocycles. The summed E-state index contributed by atoms with van der Waals surface area (Å²) in [5, 5.41) is 3.75. The lowest BCUT2D eigenvalue weighted by Crippen LogP contribution is -2.26. The third-order valence-corrected chi connectivity index (χ3v) is 3.27. The molecule has 84 valence electrons. The van der Waals surface area contributed by atoms with E-state index in [1.165, 1.54) is 11.8 Å². The smallest absolute Gasteiger partial charge is 0.254 e. The van der Waals surface area contributed by atoms with Crippen molar-refractivity contribution in [3.8, 4) is 0 Å². The number of hydrogen-bond acceptors (Lipinski definition) is 3. The molecular weight excluding hydrogens is 220 g/mol. The molecule has 0 spiro atoms. The minimum absolute atomic E-state index is 0.0119. The molecule has 0 atom stereocenters. The van der Waals surface area contributed by atoms with Crippen LogP contribution in [0.4, 0.5) is 0 Å². The maximum atomic E-state index is 11.9. The molecule has 2 rings (SSSR count). The normalized spacial score (nSPS) is 14.5. The average Bonchev–Trinajstić information content (AvgIpc) is 3.10. The van der Waals surface area contributed by atoms with Crippen LogP contribution in [0.5, 0.6) is 0 Å². The quantitative estimate of drug-likeness (QED) is 0.627. The van der Waals surface area contributed by atoms with Crippen LogP contribution in [0.1, 0.15) is 23.2 Å². The fourth-order valence-corrected chi connectivity index (χ4v) is 2.03. The van der Waals surface area contributed by atoms with Gasteiger partial charge in [-0.1, -0.05) is 6.08 Å². The van der Waals surface area contributed by atoms with Crippen LogP contribution in [0.25, 0.3) is 0 Å². The number of carbonyl (C=O) groups excluding carboxylic acids is 1. The summed E-state index contributed by atoms with van der Waals surface area (Å²) in [5.41, 5.74) is 0.668. The minimum atomic E-state index is -0.0119. The molecule has 1 aromatic rings. The van der Waals surface area contributed by atoms with E-state index >= 15 is 0 Å². The van der Waals surface area contributed by atoms with E-state index in [1.54, 1.807) is 12.3 Å². The number of aromatic nitrogens is 1. The lowest BCUT2D eigenvalue weighted by molar-refractivity contribution is 0.0947. The molecule has 1 aromatic heterocycles. The third-order valence-electron chi connectivity index (χ3n) is 2.27. The number of pyridine rings is 1. The average molecular weight is 234 g/mol. The fourth-order valence-electron chi connectivity index (χ4n) is 1.31. The number of thioether (sulfide) groups is 1. The van der Waals surface area contributed by atoms with Crippen molar-refractivity contribution in [1.29, 1.82) is 0 Å². The highest BCUT2D eigenvalue weighted by Crippen LogP contribution is 2.23. The summed E-state index contributed by atoms with van der Waals surface area (Å²) < 4.78 is 0. The van der Waals surface area contributed by atoms with Crippen molar-refractivity contribution in [2.75, 3.05) is 5.75 Å². The molecule has 1 aliphatic rings. The molecule has 0 saturated heterocycles. The first-order valence-corrected chi connectivity index (χ1v) is 6.29. The van der Waals surface area contributed by atoms with Crippen LogP contribution in [0.2, 0.25) is 0 Å². The van der Waals surface area contributed by atoms with E-state index in [0.717, 1.165) is 23.6 Å². The molecule has 1 fully saturated rings. The first-order chi connectivity index (χ1) is 7.81. The van der Waals surface area contributed by atoms with Crippen molar-refractivity contribution in [3.63, 3.8) is 0 Å². The zero-order valence-corrected chi connectivity index (χ0v) is 9.80. The zero-order valence-electron chi connectivity index (χ0n) is 8.98. The van der Waals surface area contributed by atoms with E-state index in [-0.39, 0.29) is 5.91 Å². The Labute approximate surface area is 99.3 Å². The molecule has 1 amide bonds. The van der Waals surface area contributed by atoms with Gasteiger partial charge in [-0.3, -0.25) is 4.79 Å². The van der Waals surface area contributed by atoms with Crippen molar-refractivity contribution in [3.05, 3.63) is 36.5 Å². The molecular formula is C12H14N2OS. The van der Waals surface area contributed by atoms with Crippen molar-refractivity contribution >= 4 is 17.7 Å². The van der Waals surface area contributed by atoms with Crippen molar-refractivity contribution in [1.82, 2.24) is 10.3 Å². The monoisotopic (exact) mass is 234 g/mol. The first-order valence-electron chi connectivity index (χ1n) is 5.31. The summed E-state index contributed by atoms with van der Waals surface area (Å²) in [6.07, 6.45) is 5.71. The Morgan fingerprint density at radius 3 is 3.19 bits per heavy atom. The van der Waals surface area contributed by atoms with Gasteiger partial charge in [0.05, 0.1) is 5.56 Å². The molecule has 16 heavy (non-hydrogen) atoms. The van der Waals surface area contributed by atoms with Gasteiger partial charge in [0.15, 0.2) is 0 Å². The molecule has 1 saturated carbocycles. The van der Waals surface area contributed by atoms with Gasteiger partial charge in [0, 0.05) is 18.0 Å². The van der Waals surface area contributed by atoms with E-state index in [9.17, 15) is 4.79 Å². The second-order valence-electron chi connectivity index (χ2n) is 3.70. The summed E-state index contributed by atoms with van der Waals surface area (Å²) in [7, 11) is 0. The summed E-state index contributed by atoms with van der Waals surface area (Å²) in [6.45, 7) is 3.66. The maximum Gasteiger partial charge on any atom is 0.254 e. The van der Waals surface area contributed by atoms with Gasteiger partial charge in [0.25, 0.3) is 5.91 Å².